The van der Waals surface area contributed by atoms with E-state index in [2.05, 4.69) is 0 Å². The highest BCUT2D eigenvalue weighted by Gasteiger charge is 2.11. The first kappa shape index (κ1) is 10.5. The third-order valence-electron chi connectivity index (χ3n) is 2.24. The molecule has 1 heterocycles. The molecule has 0 N–H and O–H groups in total. The molecule has 0 bridgehead atoms. The van der Waals surface area contributed by atoms with E-state index in [0.29, 0.717) is 5.56 Å². The summed E-state index contributed by atoms with van der Waals surface area (Å²) in [7, 11) is 0. The summed E-state index contributed by atoms with van der Waals surface area (Å²) in [4.78, 5) is 11.8. The first-order chi connectivity index (χ1) is 7.75. The second-order valence-electron chi connectivity index (χ2n) is 3.48. The zero-order chi connectivity index (χ0) is 11.4. The summed E-state index contributed by atoms with van der Waals surface area (Å²) in [6, 6.07) is 11.9. The van der Waals surface area contributed by atoms with E-state index in [4.69, 9.17) is 0 Å². The van der Waals surface area contributed by atoms with Gasteiger partial charge in [-0.05, 0) is 6.07 Å². The SMILES string of the molecule is O=C(C[n+]1cccc(F)c1)c1ccccc1. The molecule has 0 fully saturated rings. The summed E-state index contributed by atoms with van der Waals surface area (Å²) in [5.74, 6) is -0.375. The van der Waals surface area contributed by atoms with Crippen LogP contribution in [-0.4, -0.2) is 5.78 Å². The first-order valence-corrected chi connectivity index (χ1v) is 4.98. The van der Waals surface area contributed by atoms with Crippen molar-refractivity contribution in [1.82, 2.24) is 0 Å². The van der Waals surface area contributed by atoms with Gasteiger partial charge in [-0.2, -0.15) is 4.57 Å². The minimum absolute atomic E-state index is 0.0313. The Kier molecular flexibility index (Phi) is 3.05. The van der Waals surface area contributed by atoms with Crippen LogP contribution in [0.4, 0.5) is 4.39 Å². The molecule has 0 spiro atoms. The number of rotatable bonds is 3. The van der Waals surface area contributed by atoms with Gasteiger partial charge in [-0.25, -0.2) is 4.39 Å². The van der Waals surface area contributed by atoms with Crippen LogP contribution in [0.2, 0.25) is 0 Å². The van der Waals surface area contributed by atoms with Crippen LogP contribution in [0.3, 0.4) is 0 Å². The Labute approximate surface area is 93.0 Å². The van der Waals surface area contributed by atoms with Gasteiger partial charge in [-0.15, -0.1) is 0 Å². The van der Waals surface area contributed by atoms with Crippen LogP contribution in [0.25, 0.3) is 0 Å². The molecule has 3 heteroatoms. The fourth-order valence-corrected chi connectivity index (χ4v) is 1.47. The van der Waals surface area contributed by atoms with Gasteiger partial charge in [0.1, 0.15) is 0 Å². The van der Waals surface area contributed by atoms with Crippen LogP contribution in [0.15, 0.2) is 54.9 Å². The number of aromatic nitrogens is 1. The summed E-state index contributed by atoms with van der Waals surface area (Å²) in [6.07, 6.45) is 2.98. The lowest BCUT2D eigenvalue weighted by atomic mass is 10.1. The van der Waals surface area contributed by atoms with Crippen molar-refractivity contribution in [2.24, 2.45) is 0 Å². The number of pyridine rings is 1. The monoisotopic (exact) mass is 216 g/mol. The van der Waals surface area contributed by atoms with Gasteiger partial charge in [0.2, 0.25) is 18.5 Å². The standard InChI is InChI=1S/C13H11FNO/c14-12-7-4-8-15(9-12)10-13(16)11-5-2-1-3-6-11/h1-9H,10H2/q+1. The van der Waals surface area contributed by atoms with Gasteiger partial charge in [0, 0.05) is 11.6 Å². The average Bonchev–Trinajstić information content (AvgIpc) is 2.30. The number of nitrogens with zero attached hydrogens (tertiary/aromatic N) is 1. The number of halogens is 1. The first-order valence-electron chi connectivity index (χ1n) is 4.98. The molecule has 0 aliphatic carbocycles. The molecule has 0 amide bonds. The predicted octanol–water partition coefficient (Wildman–Crippen LogP) is 2.00. The Balaban J connectivity index is 2.14. The molecule has 2 nitrogen and oxygen atoms in total. The van der Waals surface area contributed by atoms with E-state index in [-0.39, 0.29) is 18.1 Å². The maximum atomic E-state index is 12.9. The highest BCUT2D eigenvalue weighted by molar-refractivity contribution is 5.94. The number of hydrogen-bond donors (Lipinski definition) is 0. The van der Waals surface area contributed by atoms with Gasteiger partial charge in [0.05, 0.1) is 0 Å². The second kappa shape index (κ2) is 4.66. The highest BCUT2D eigenvalue weighted by atomic mass is 19.1. The lowest BCUT2D eigenvalue weighted by Crippen LogP contribution is -2.37. The molecule has 0 radical (unpaired) electrons. The van der Waals surface area contributed by atoms with Crippen molar-refractivity contribution >= 4 is 5.78 Å². The second-order valence-corrected chi connectivity index (χ2v) is 3.48. The van der Waals surface area contributed by atoms with E-state index in [1.165, 1.54) is 16.8 Å². The van der Waals surface area contributed by atoms with E-state index in [9.17, 15) is 9.18 Å². The van der Waals surface area contributed by atoms with Crippen LogP contribution in [0.1, 0.15) is 10.4 Å². The van der Waals surface area contributed by atoms with E-state index in [0.717, 1.165) is 0 Å². The normalized spacial score (nSPS) is 10.1. The predicted molar refractivity (Wildman–Crippen MR) is 57.4 cm³/mol. The van der Waals surface area contributed by atoms with Gasteiger partial charge in [-0.1, -0.05) is 30.3 Å². The fraction of sp³-hybridized carbons (Fsp3) is 0.0769. The van der Waals surface area contributed by atoms with Gasteiger partial charge in [-0.3, -0.25) is 4.79 Å². The summed E-state index contributed by atoms with van der Waals surface area (Å²) in [5, 5.41) is 0. The molecule has 0 unspecified atom stereocenters. The van der Waals surface area contributed by atoms with Crippen molar-refractivity contribution in [3.63, 3.8) is 0 Å². The fourth-order valence-electron chi connectivity index (χ4n) is 1.47. The Morgan fingerprint density at radius 2 is 1.88 bits per heavy atom. The van der Waals surface area contributed by atoms with E-state index in [1.807, 2.05) is 18.2 Å². The average molecular weight is 216 g/mol. The van der Waals surface area contributed by atoms with Crippen molar-refractivity contribution in [3.05, 3.63) is 66.2 Å². The van der Waals surface area contributed by atoms with Crippen LogP contribution in [0.5, 0.6) is 0 Å². The quantitative estimate of drug-likeness (QED) is 0.568. The minimum atomic E-state index is -0.344. The summed E-state index contributed by atoms with van der Waals surface area (Å²) < 4.78 is 14.4. The highest BCUT2D eigenvalue weighted by Crippen LogP contribution is 2.00. The maximum absolute atomic E-state index is 12.9. The largest absolute Gasteiger partial charge is 0.287 e. The maximum Gasteiger partial charge on any atom is 0.227 e. The zero-order valence-electron chi connectivity index (χ0n) is 8.64. The molecule has 0 aliphatic rings. The molecule has 0 aliphatic heterocycles. The number of hydrogen-bond acceptors (Lipinski definition) is 1. The molecule has 0 atom stereocenters. The Bertz CT molecular complexity index is 496. The van der Waals surface area contributed by atoms with Gasteiger partial charge in [0.25, 0.3) is 0 Å². The number of Topliss-reactive ketones (excluding diaryl/α,β-unsaturated/α-hetero) is 1. The lowest BCUT2D eigenvalue weighted by molar-refractivity contribution is -0.684. The Hall–Kier alpha value is -2.03. The molecule has 1 aromatic heterocycles. The number of carbonyl (C=O) groups excluding carboxylic acids is 1. The van der Waals surface area contributed by atoms with Gasteiger partial charge >= 0.3 is 0 Å². The lowest BCUT2D eigenvalue weighted by Gasteiger charge is -1.97. The summed E-state index contributed by atoms with van der Waals surface area (Å²) in [6.45, 7) is 0.155. The third kappa shape index (κ3) is 2.51. The van der Waals surface area contributed by atoms with Gasteiger partial charge in [0.15, 0.2) is 12.0 Å². The molecule has 80 valence electrons. The number of ketones is 1. The molecular formula is C13H11FNO+. The third-order valence-corrected chi connectivity index (χ3v) is 2.24. The topological polar surface area (TPSA) is 20.9 Å². The Morgan fingerprint density at radius 3 is 2.56 bits per heavy atom. The minimum Gasteiger partial charge on any atom is -0.287 e. The van der Waals surface area contributed by atoms with Crippen LogP contribution in [-0.2, 0) is 6.54 Å². The molecular weight excluding hydrogens is 205 g/mol. The summed E-state index contributed by atoms with van der Waals surface area (Å²) >= 11 is 0. The van der Waals surface area contributed by atoms with Crippen molar-refractivity contribution in [2.75, 3.05) is 0 Å². The molecule has 0 saturated carbocycles. The van der Waals surface area contributed by atoms with E-state index in [1.54, 1.807) is 24.4 Å². The van der Waals surface area contributed by atoms with Crippen molar-refractivity contribution in [1.29, 1.82) is 0 Å². The van der Waals surface area contributed by atoms with Crippen LogP contribution in [0, 0.1) is 5.82 Å². The molecule has 2 aromatic rings. The Morgan fingerprint density at radius 1 is 1.12 bits per heavy atom. The smallest absolute Gasteiger partial charge is 0.227 e. The molecule has 0 saturated heterocycles. The number of benzene rings is 1. The molecule has 1 aromatic carbocycles. The van der Waals surface area contributed by atoms with E-state index >= 15 is 0 Å². The molecule has 16 heavy (non-hydrogen) atoms. The van der Waals surface area contributed by atoms with Crippen molar-refractivity contribution < 1.29 is 13.8 Å². The van der Waals surface area contributed by atoms with Crippen LogP contribution >= 0.6 is 0 Å². The van der Waals surface area contributed by atoms with Crippen LogP contribution < -0.4 is 4.57 Å². The number of carbonyl (C=O) groups is 1. The zero-order valence-corrected chi connectivity index (χ0v) is 8.64. The summed E-state index contributed by atoms with van der Waals surface area (Å²) in [5.41, 5.74) is 0.638. The van der Waals surface area contributed by atoms with Crippen molar-refractivity contribution in [3.8, 4) is 0 Å². The molecule has 2 rings (SSSR count). The van der Waals surface area contributed by atoms with Gasteiger partial charge < -0.3 is 0 Å². The van der Waals surface area contributed by atoms with Crippen molar-refractivity contribution in [2.45, 2.75) is 6.54 Å². The van der Waals surface area contributed by atoms with E-state index < -0.39 is 0 Å².